The third-order valence-electron chi connectivity index (χ3n) is 1.47. The van der Waals surface area contributed by atoms with Gasteiger partial charge in [0.05, 0.1) is 0 Å². The lowest BCUT2D eigenvalue weighted by molar-refractivity contribution is 0.850. The summed E-state index contributed by atoms with van der Waals surface area (Å²) in [7, 11) is 0. The van der Waals surface area contributed by atoms with Crippen LogP contribution >= 0.6 is 15.9 Å². The van der Waals surface area contributed by atoms with Gasteiger partial charge in [0.25, 0.3) is 0 Å². The summed E-state index contributed by atoms with van der Waals surface area (Å²) in [4.78, 5) is 0. The fourth-order valence-electron chi connectivity index (χ4n) is 0.614. The van der Waals surface area contributed by atoms with Gasteiger partial charge in [-0.3, -0.25) is 0 Å². The van der Waals surface area contributed by atoms with E-state index in [4.69, 9.17) is 0 Å². The van der Waals surface area contributed by atoms with Gasteiger partial charge >= 0.3 is 0 Å². The monoisotopic (exact) mass is 148 g/mol. The number of hydrogen-bond donors (Lipinski definition) is 0. The number of rotatable bonds is 1. The standard InChI is InChI=1S/C5H9Br/c1-4-2-5(4)3-6/h4-5H,2-3H2,1H3/t4-,5?/m1/s1. The van der Waals surface area contributed by atoms with Crippen LogP contribution in [-0.2, 0) is 0 Å². The second-order valence-electron chi connectivity index (χ2n) is 2.13. The van der Waals surface area contributed by atoms with Gasteiger partial charge in [0.2, 0.25) is 0 Å². The predicted octanol–water partition coefficient (Wildman–Crippen LogP) is 2.04. The Hall–Kier alpha value is 0.480. The van der Waals surface area contributed by atoms with Crippen LogP contribution in [-0.4, -0.2) is 5.33 Å². The fraction of sp³-hybridized carbons (Fsp3) is 1.00. The van der Waals surface area contributed by atoms with Crippen molar-refractivity contribution in [3.05, 3.63) is 0 Å². The van der Waals surface area contributed by atoms with Crippen molar-refractivity contribution in [1.82, 2.24) is 0 Å². The van der Waals surface area contributed by atoms with Gasteiger partial charge in [-0.05, 0) is 18.3 Å². The first-order valence-corrected chi connectivity index (χ1v) is 3.52. The molecule has 0 aromatic heterocycles. The minimum Gasteiger partial charge on any atom is -0.0925 e. The molecule has 0 aliphatic heterocycles. The lowest BCUT2D eigenvalue weighted by atomic mass is 10.4. The Morgan fingerprint density at radius 1 is 1.83 bits per heavy atom. The second kappa shape index (κ2) is 1.53. The zero-order valence-electron chi connectivity index (χ0n) is 3.95. The highest BCUT2D eigenvalue weighted by Crippen LogP contribution is 2.38. The van der Waals surface area contributed by atoms with Crippen molar-refractivity contribution in [2.45, 2.75) is 13.3 Å². The number of halogens is 1. The van der Waals surface area contributed by atoms with Gasteiger partial charge in [0, 0.05) is 5.33 Å². The topological polar surface area (TPSA) is 0 Å². The Labute approximate surface area is 47.1 Å². The summed E-state index contributed by atoms with van der Waals surface area (Å²) in [5, 5.41) is 1.22. The van der Waals surface area contributed by atoms with E-state index in [0.717, 1.165) is 11.8 Å². The molecule has 0 aromatic rings. The van der Waals surface area contributed by atoms with E-state index >= 15 is 0 Å². The molecule has 1 rings (SSSR count). The minimum atomic E-state index is 1.02. The molecule has 0 bridgehead atoms. The molecule has 0 aromatic carbocycles. The maximum atomic E-state index is 3.42. The zero-order chi connectivity index (χ0) is 4.57. The molecule has 0 saturated heterocycles. The first kappa shape index (κ1) is 4.63. The number of alkyl halides is 1. The molecule has 1 heteroatoms. The van der Waals surface area contributed by atoms with Gasteiger partial charge in [-0.25, -0.2) is 0 Å². The highest BCUT2D eigenvalue weighted by atomic mass is 79.9. The Kier molecular flexibility index (Phi) is 1.18. The molecule has 36 valence electrons. The first-order chi connectivity index (χ1) is 2.84. The van der Waals surface area contributed by atoms with E-state index in [1.165, 1.54) is 11.8 Å². The maximum Gasteiger partial charge on any atom is 0.00623 e. The average Bonchev–Trinajstić information content (AvgIpc) is 2.19. The van der Waals surface area contributed by atoms with E-state index in [1.807, 2.05) is 0 Å². The van der Waals surface area contributed by atoms with E-state index in [9.17, 15) is 0 Å². The van der Waals surface area contributed by atoms with Crippen LogP contribution in [0.1, 0.15) is 13.3 Å². The van der Waals surface area contributed by atoms with E-state index in [1.54, 1.807) is 0 Å². The molecule has 0 radical (unpaired) electrons. The molecule has 2 atom stereocenters. The third-order valence-corrected chi connectivity index (χ3v) is 2.31. The van der Waals surface area contributed by atoms with Gasteiger partial charge in [-0.2, -0.15) is 0 Å². The van der Waals surface area contributed by atoms with Crippen LogP contribution in [0.2, 0.25) is 0 Å². The third kappa shape index (κ3) is 0.754. The van der Waals surface area contributed by atoms with Crippen LogP contribution in [0.4, 0.5) is 0 Å². The molecule has 1 saturated carbocycles. The molecule has 1 aliphatic rings. The van der Waals surface area contributed by atoms with Crippen LogP contribution in [0.5, 0.6) is 0 Å². The van der Waals surface area contributed by atoms with Crippen LogP contribution in [0.3, 0.4) is 0 Å². The molecule has 1 fully saturated rings. The van der Waals surface area contributed by atoms with Gasteiger partial charge in [-0.15, -0.1) is 0 Å². The van der Waals surface area contributed by atoms with Crippen LogP contribution in [0, 0.1) is 11.8 Å². The van der Waals surface area contributed by atoms with E-state index in [2.05, 4.69) is 22.9 Å². The van der Waals surface area contributed by atoms with Crippen molar-refractivity contribution >= 4 is 15.9 Å². The summed E-state index contributed by atoms with van der Waals surface area (Å²) in [5.74, 6) is 2.04. The summed E-state index contributed by atoms with van der Waals surface area (Å²) in [5.41, 5.74) is 0. The average molecular weight is 149 g/mol. The van der Waals surface area contributed by atoms with Crippen LogP contribution < -0.4 is 0 Å². The molecule has 0 spiro atoms. The molecule has 0 amide bonds. The van der Waals surface area contributed by atoms with Crippen molar-refractivity contribution < 1.29 is 0 Å². The summed E-state index contributed by atoms with van der Waals surface area (Å²) >= 11 is 3.42. The minimum absolute atomic E-state index is 1.02. The van der Waals surface area contributed by atoms with Crippen LogP contribution in [0.25, 0.3) is 0 Å². The maximum absolute atomic E-state index is 3.42. The highest BCUT2D eigenvalue weighted by molar-refractivity contribution is 9.09. The van der Waals surface area contributed by atoms with E-state index in [0.29, 0.717) is 0 Å². The Morgan fingerprint density at radius 3 is 2.33 bits per heavy atom. The Bertz CT molecular complexity index is 49.9. The lowest BCUT2D eigenvalue weighted by Gasteiger charge is -1.77. The summed E-state index contributed by atoms with van der Waals surface area (Å²) < 4.78 is 0. The summed E-state index contributed by atoms with van der Waals surface area (Å²) in [6.07, 6.45) is 1.45. The summed E-state index contributed by atoms with van der Waals surface area (Å²) in [6, 6.07) is 0. The van der Waals surface area contributed by atoms with E-state index < -0.39 is 0 Å². The summed E-state index contributed by atoms with van der Waals surface area (Å²) in [6.45, 7) is 2.30. The van der Waals surface area contributed by atoms with Crippen molar-refractivity contribution in [3.8, 4) is 0 Å². The molecule has 1 unspecified atom stereocenters. The SMILES string of the molecule is C[C@@H]1CC1CBr. The molecule has 0 heterocycles. The molecular weight excluding hydrogens is 140 g/mol. The van der Waals surface area contributed by atoms with Crippen molar-refractivity contribution in [3.63, 3.8) is 0 Å². The Morgan fingerprint density at radius 2 is 2.33 bits per heavy atom. The van der Waals surface area contributed by atoms with Crippen molar-refractivity contribution in [2.75, 3.05) is 5.33 Å². The van der Waals surface area contributed by atoms with Gasteiger partial charge in [0.1, 0.15) is 0 Å². The lowest BCUT2D eigenvalue weighted by Crippen LogP contribution is -1.73. The predicted molar refractivity (Wildman–Crippen MR) is 31.1 cm³/mol. The van der Waals surface area contributed by atoms with Gasteiger partial charge in [-0.1, -0.05) is 22.9 Å². The highest BCUT2D eigenvalue weighted by Gasteiger charge is 2.30. The normalized spacial score (nSPS) is 43.0. The Balaban J connectivity index is 2.09. The van der Waals surface area contributed by atoms with Gasteiger partial charge in [0.15, 0.2) is 0 Å². The van der Waals surface area contributed by atoms with Gasteiger partial charge < -0.3 is 0 Å². The van der Waals surface area contributed by atoms with E-state index in [-0.39, 0.29) is 0 Å². The molecule has 0 N–H and O–H groups in total. The second-order valence-corrected chi connectivity index (χ2v) is 2.77. The molecule has 0 nitrogen and oxygen atoms in total. The first-order valence-electron chi connectivity index (χ1n) is 2.40. The molecule has 6 heavy (non-hydrogen) atoms. The fourth-order valence-corrected chi connectivity index (χ4v) is 1.52. The van der Waals surface area contributed by atoms with Crippen molar-refractivity contribution in [1.29, 1.82) is 0 Å². The zero-order valence-corrected chi connectivity index (χ0v) is 5.53. The largest absolute Gasteiger partial charge is 0.0925 e. The molecular formula is C5H9Br. The number of hydrogen-bond acceptors (Lipinski definition) is 0. The van der Waals surface area contributed by atoms with Crippen LogP contribution in [0.15, 0.2) is 0 Å². The molecule has 1 aliphatic carbocycles. The van der Waals surface area contributed by atoms with Crippen molar-refractivity contribution in [2.24, 2.45) is 11.8 Å². The smallest absolute Gasteiger partial charge is 0.00623 e. The quantitative estimate of drug-likeness (QED) is 0.500.